The number of hydrogen-bond acceptors (Lipinski definition) is 5. The maximum absolute atomic E-state index is 9.42. The summed E-state index contributed by atoms with van der Waals surface area (Å²) in [6, 6.07) is -2.61. The second kappa shape index (κ2) is 13.0. The highest BCUT2D eigenvalue weighted by Gasteiger charge is 1.80. The van der Waals surface area contributed by atoms with Crippen LogP contribution in [0.4, 0.5) is 14.4 Å². The summed E-state index contributed by atoms with van der Waals surface area (Å²) < 4.78 is 0. The average Bonchev–Trinajstić information content (AvgIpc) is 1.82. The number of amides is 6. The Balaban J connectivity index is -0.000000135. The minimum atomic E-state index is -0.940. The van der Waals surface area contributed by atoms with Crippen LogP contribution < -0.4 is 34.1 Å². The molecule has 0 aliphatic rings. The third-order valence-electron chi connectivity index (χ3n) is 0.156. The summed E-state index contributed by atoms with van der Waals surface area (Å²) in [6.07, 6.45) is 0. The Morgan fingerprint density at radius 2 is 1.07 bits per heavy atom. The number of nitrogens with two attached hydrogens (primary N) is 5. The molecule has 0 aliphatic heterocycles. The smallest absolute Gasteiger partial charge is 0.335 e. The van der Waals surface area contributed by atoms with Gasteiger partial charge in [-0.15, -0.1) is 4.91 Å². The molecule has 0 atom stereocenters. The Labute approximate surface area is 77.9 Å². The minimum absolute atomic E-state index is 0.833. The molecule has 11 N–H and O–H groups in total. The van der Waals surface area contributed by atoms with Crippen molar-refractivity contribution in [1.29, 1.82) is 0 Å². The lowest BCUT2D eigenvalue weighted by atomic mass is 11.2. The number of nitrogens with one attached hydrogen (secondary N) is 1. The quantitative estimate of drug-likeness (QED) is 0.201. The fourth-order valence-corrected chi connectivity index (χ4v) is 0.0450. The van der Waals surface area contributed by atoms with Crippen molar-refractivity contribution >= 4 is 18.1 Å². The van der Waals surface area contributed by atoms with E-state index in [1.165, 1.54) is 5.43 Å². The molecule has 0 rings (SSSR count). The van der Waals surface area contributed by atoms with Crippen LogP contribution in [0.3, 0.4) is 0 Å². The highest BCUT2D eigenvalue weighted by Crippen LogP contribution is 1.49. The predicted molar refractivity (Wildman–Crippen MR) is 46.1 cm³/mol. The number of nitrogens with zero attached hydrogens (tertiary/aromatic N) is 1. The molecule has 0 saturated carbocycles. The predicted octanol–water partition coefficient (Wildman–Crippen LogP) is -2.62. The summed E-state index contributed by atoms with van der Waals surface area (Å²) in [5.74, 6) is 0. The van der Waals surface area contributed by atoms with Crippen LogP contribution in [0, 0.1) is 4.91 Å². The number of carbonyl (C=O) groups is 3. The molecule has 0 saturated heterocycles. The summed E-state index contributed by atoms with van der Waals surface area (Å²) in [5.41, 5.74) is 22.8. The van der Waals surface area contributed by atoms with Crippen LogP contribution in [-0.4, -0.2) is 18.1 Å². The van der Waals surface area contributed by atoms with E-state index in [0.29, 0.717) is 0 Å². The monoisotopic (exact) mass is 209 g/mol. The van der Waals surface area contributed by atoms with Crippen LogP contribution in [0.5, 0.6) is 0 Å². The Hall–Kier alpha value is -2.59. The third-order valence-corrected chi connectivity index (χ3v) is 0.156. The molecule has 0 aliphatic carbocycles. The molecule has 0 spiro atoms. The fourth-order valence-electron chi connectivity index (χ4n) is 0.0450. The maximum Gasteiger partial charge on any atom is 0.335 e. The minimum Gasteiger partial charge on any atom is -0.352 e. The summed E-state index contributed by atoms with van der Waals surface area (Å²) in [5, 5.41) is 1.96. The van der Waals surface area contributed by atoms with Crippen molar-refractivity contribution in [1.82, 2.24) is 5.43 Å². The van der Waals surface area contributed by atoms with Gasteiger partial charge in [-0.3, -0.25) is 0 Å². The molecular formula is C3H11N7O4. The number of nitroso groups, excluding NO2 is 1. The molecule has 0 aromatic carbocycles. The van der Waals surface area contributed by atoms with E-state index in [-0.39, 0.29) is 0 Å². The van der Waals surface area contributed by atoms with Gasteiger partial charge >= 0.3 is 18.1 Å². The fraction of sp³-hybridized carbons (Fsp3) is 0. The molecule has 11 heteroatoms. The van der Waals surface area contributed by atoms with Gasteiger partial charge in [0.05, 0.1) is 5.29 Å². The van der Waals surface area contributed by atoms with E-state index in [4.69, 9.17) is 14.5 Å². The van der Waals surface area contributed by atoms with E-state index in [1.807, 2.05) is 5.29 Å². The SMILES string of the molecule is NC(=O)NN=O.NC(N)=O.NC(N)=O. The zero-order valence-electron chi connectivity index (χ0n) is 6.97. The largest absolute Gasteiger partial charge is 0.352 e. The van der Waals surface area contributed by atoms with Gasteiger partial charge in [-0.1, -0.05) is 0 Å². The first kappa shape index (κ1) is 17.5. The van der Waals surface area contributed by atoms with Gasteiger partial charge in [0.2, 0.25) is 0 Å². The normalized spacial score (nSPS) is 6.29. The Morgan fingerprint density at radius 3 is 1.07 bits per heavy atom. The van der Waals surface area contributed by atoms with Crippen molar-refractivity contribution in [3.8, 4) is 0 Å². The molecule has 0 bridgehead atoms. The Kier molecular flexibility index (Phi) is 16.3. The van der Waals surface area contributed by atoms with Crippen LogP contribution in [-0.2, 0) is 0 Å². The highest BCUT2D eigenvalue weighted by molar-refractivity contribution is 5.71. The van der Waals surface area contributed by atoms with Gasteiger partial charge in [-0.05, 0) is 0 Å². The van der Waals surface area contributed by atoms with Crippen LogP contribution in [0.25, 0.3) is 0 Å². The molecule has 0 heterocycles. The van der Waals surface area contributed by atoms with Crippen molar-refractivity contribution in [2.24, 2.45) is 34.0 Å². The lowest BCUT2D eigenvalue weighted by Crippen LogP contribution is -2.23. The molecule has 0 unspecified atom stereocenters. The summed E-state index contributed by atoms with van der Waals surface area (Å²) in [6.45, 7) is 0. The molecule has 0 radical (unpaired) electrons. The Morgan fingerprint density at radius 1 is 0.857 bits per heavy atom. The second-order valence-corrected chi connectivity index (χ2v) is 1.37. The number of primary amides is 5. The summed E-state index contributed by atoms with van der Waals surface area (Å²) in [7, 11) is 0. The molecule has 0 fully saturated rings. The lowest BCUT2D eigenvalue weighted by molar-refractivity contribution is 0.249. The van der Waals surface area contributed by atoms with Gasteiger partial charge < -0.3 is 28.7 Å². The van der Waals surface area contributed by atoms with Crippen molar-refractivity contribution in [2.75, 3.05) is 0 Å². The van der Waals surface area contributed by atoms with Crippen molar-refractivity contribution in [3.05, 3.63) is 4.91 Å². The van der Waals surface area contributed by atoms with E-state index in [1.54, 1.807) is 0 Å². The molecule has 0 aromatic rings. The van der Waals surface area contributed by atoms with Gasteiger partial charge in [0.25, 0.3) is 0 Å². The van der Waals surface area contributed by atoms with E-state index in [0.717, 1.165) is 0 Å². The first-order valence-electron chi connectivity index (χ1n) is 2.71. The van der Waals surface area contributed by atoms with Crippen molar-refractivity contribution in [3.63, 3.8) is 0 Å². The number of rotatable bonds is 1. The summed E-state index contributed by atoms with van der Waals surface area (Å²) >= 11 is 0. The van der Waals surface area contributed by atoms with Crippen LogP contribution in [0.15, 0.2) is 5.29 Å². The zero-order valence-corrected chi connectivity index (χ0v) is 6.97. The molecular weight excluding hydrogens is 198 g/mol. The van der Waals surface area contributed by atoms with E-state index in [9.17, 15) is 4.79 Å². The molecule has 11 nitrogen and oxygen atoms in total. The first-order chi connectivity index (χ1) is 6.23. The van der Waals surface area contributed by atoms with Crippen LogP contribution in [0.2, 0.25) is 0 Å². The van der Waals surface area contributed by atoms with Gasteiger partial charge in [0, 0.05) is 0 Å². The highest BCUT2D eigenvalue weighted by atomic mass is 16.3. The van der Waals surface area contributed by atoms with E-state index >= 15 is 0 Å². The van der Waals surface area contributed by atoms with Gasteiger partial charge in [-0.2, -0.15) is 5.43 Å². The first-order valence-corrected chi connectivity index (χ1v) is 2.71. The van der Waals surface area contributed by atoms with E-state index < -0.39 is 18.1 Å². The van der Waals surface area contributed by atoms with Crippen LogP contribution >= 0.6 is 0 Å². The topological polar surface area (TPSA) is 223 Å². The van der Waals surface area contributed by atoms with Crippen LogP contribution in [0.1, 0.15) is 0 Å². The zero-order chi connectivity index (χ0) is 12.1. The second-order valence-electron chi connectivity index (χ2n) is 1.37. The van der Waals surface area contributed by atoms with Gasteiger partial charge in [0.15, 0.2) is 0 Å². The number of hydrogen-bond donors (Lipinski definition) is 6. The van der Waals surface area contributed by atoms with Gasteiger partial charge in [-0.25, -0.2) is 14.4 Å². The van der Waals surface area contributed by atoms with Crippen molar-refractivity contribution in [2.45, 2.75) is 0 Å². The Bertz CT molecular complexity index is 183. The molecule has 6 amide bonds. The maximum atomic E-state index is 9.42. The van der Waals surface area contributed by atoms with E-state index in [2.05, 4.69) is 28.7 Å². The summed E-state index contributed by atoms with van der Waals surface area (Å²) in [4.78, 5) is 36.4. The standard InChI is InChI=1S/CH3N3O2.2CH4N2O/c2-1(5)3-4-6;2*2-1(3)4/h(H3,2,3,5,6);2*(H4,2,3,4). The lowest BCUT2D eigenvalue weighted by Gasteiger charge is -1.77. The van der Waals surface area contributed by atoms with Crippen molar-refractivity contribution < 1.29 is 14.4 Å². The van der Waals surface area contributed by atoms with Gasteiger partial charge in [0.1, 0.15) is 0 Å². The number of carbonyl (C=O) groups excluding carboxylic acids is 3. The molecule has 82 valence electrons. The third kappa shape index (κ3) is 3960. The molecule has 0 aromatic heterocycles. The molecule has 14 heavy (non-hydrogen) atoms. The number of urea groups is 3. The average molecular weight is 209 g/mol.